The van der Waals surface area contributed by atoms with Crippen LogP contribution < -0.4 is 4.72 Å². The number of fused-ring (bicyclic) bond motifs is 3. The molecule has 0 radical (unpaired) electrons. The number of nitrogens with one attached hydrogen (secondary N) is 2. The lowest BCUT2D eigenvalue weighted by Crippen LogP contribution is -2.26. The molecule has 0 bridgehead atoms. The van der Waals surface area contributed by atoms with Gasteiger partial charge in [0.1, 0.15) is 11.5 Å². The molecular weight excluding hydrogens is 462 g/mol. The summed E-state index contributed by atoms with van der Waals surface area (Å²) in [7, 11) is -3.77. The van der Waals surface area contributed by atoms with Crippen molar-refractivity contribution >= 4 is 26.7 Å². The fourth-order valence-electron chi connectivity index (χ4n) is 4.99. The zero-order valence-electron chi connectivity index (χ0n) is 21.5. The van der Waals surface area contributed by atoms with Crippen molar-refractivity contribution in [2.45, 2.75) is 78.3 Å². The van der Waals surface area contributed by atoms with Gasteiger partial charge < -0.3 is 9.40 Å². The number of hydrogen-bond acceptors (Lipinski definition) is 5. The van der Waals surface area contributed by atoms with E-state index in [-0.39, 0.29) is 22.6 Å². The highest BCUT2D eigenvalue weighted by Crippen LogP contribution is 2.39. The van der Waals surface area contributed by atoms with E-state index in [0.29, 0.717) is 35.4 Å². The van der Waals surface area contributed by atoms with Gasteiger partial charge in [-0.25, -0.2) is 13.1 Å². The molecule has 1 aromatic carbocycles. The van der Waals surface area contributed by atoms with Crippen molar-refractivity contribution in [1.82, 2.24) is 14.6 Å². The van der Waals surface area contributed by atoms with Crippen molar-refractivity contribution in [3.63, 3.8) is 0 Å². The molecule has 4 rings (SSSR count). The van der Waals surface area contributed by atoms with Gasteiger partial charge in [-0.3, -0.25) is 9.69 Å². The van der Waals surface area contributed by atoms with Gasteiger partial charge in [-0.1, -0.05) is 34.1 Å². The van der Waals surface area contributed by atoms with Crippen molar-refractivity contribution in [3.05, 3.63) is 52.6 Å². The summed E-state index contributed by atoms with van der Waals surface area (Å²) in [4.78, 5) is 18.6. The predicted octanol–water partition coefficient (Wildman–Crippen LogP) is 5.32. The van der Waals surface area contributed by atoms with Gasteiger partial charge in [-0.2, -0.15) is 0 Å². The van der Waals surface area contributed by atoms with Crippen molar-refractivity contribution in [2.24, 2.45) is 5.41 Å². The first-order valence-electron chi connectivity index (χ1n) is 12.5. The average molecular weight is 500 g/mol. The Morgan fingerprint density at radius 2 is 1.89 bits per heavy atom. The second-order valence-corrected chi connectivity index (χ2v) is 12.2. The minimum atomic E-state index is -3.77. The van der Waals surface area contributed by atoms with Crippen LogP contribution in [0.4, 0.5) is 0 Å². The zero-order chi connectivity index (χ0) is 25.4. The fourth-order valence-corrected chi connectivity index (χ4v) is 6.23. The van der Waals surface area contributed by atoms with Gasteiger partial charge in [0.05, 0.1) is 18.0 Å². The van der Waals surface area contributed by atoms with Gasteiger partial charge >= 0.3 is 0 Å². The average Bonchev–Trinajstić information content (AvgIpc) is 3.37. The third-order valence-corrected chi connectivity index (χ3v) is 8.39. The number of rotatable bonds is 10. The van der Waals surface area contributed by atoms with Crippen LogP contribution in [0.5, 0.6) is 0 Å². The number of hydrogen-bond donors (Lipinski definition) is 2. The summed E-state index contributed by atoms with van der Waals surface area (Å²) in [5, 5.41) is 0.802. The molecular formula is C27H37N3O4S. The van der Waals surface area contributed by atoms with E-state index in [0.717, 1.165) is 49.2 Å². The van der Waals surface area contributed by atoms with Crippen LogP contribution in [-0.2, 0) is 29.5 Å². The molecule has 0 aliphatic heterocycles. The zero-order valence-corrected chi connectivity index (χ0v) is 22.3. The molecule has 2 N–H and O–H groups in total. The number of aromatic nitrogens is 1. The minimum Gasteiger partial charge on any atom is -0.463 e. The van der Waals surface area contributed by atoms with E-state index in [1.807, 2.05) is 18.2 Å². The van der Waals surface area contributed by atoms with E-state index in [4.69, 9.17) is 4.42 Å². The summed E-state index contributed by atoms with van der Waals surface area (Å²) >= 11 is 0. The number of benzene rings is 1. The van der Waals surface area contributed by atoms with Gasteiger partial charge in [-0.15, -0.1) is 0 Å². The lowest BCUT2D eigenvalue weighted by Gasteiger charge is -2.28. The highest BCUT2D eigenvalue weighted by atomic mass is 32.2. The van der Waals surface area contributed by atoms with E-state index in [1.165, 1.54) is 0 Å². The maximum Gasteiger partial charge on any atom is 0.241 e. The first-order valence-corrected chi connectivity index (χ1v) is 14.0. The number of unbranched alkanes of at least 4 members (excludes halogenated alkanes) is 1. The standard InChI is InChI=1S/C27H37N3O4S/c1-6-8-11-30(7-2)17-20-10-9-19(34-20)16-28-35(32,33)25-13-22-21(12-18(25)3)26-23(29-22)14-27(4,5)15-24(26)31/h9-10,12-13,28-29H,6-8,11,14-17H2,1-5H3. The molecule has 8 heteroatoms. The topological polar surface area (TPSA) is 95.4 Å². The Kier molecular flexibility index (Phi) is 7.27. The van der Waals surface area contributed by atoms with Gasteiger partial charge in [0, 0.05) is 28.6 Å². The molecule has 190 valence electrons. The van der Waals surface area contributed by atoms with Crippen molar-refractivity contribution in [1.29, 1.82) is 0 Å². The molecule has 0 saturated carbocycles. The number of nitrogens with zero attached hydrogens (tertiary/aromatic N) is 1. The van der Waals surface area contributed by atoms with Crippen LogP contribution in [0.3, 0.4) is 0 Å². The van der Waals surface area contributed by atoms with Crippen LogP contribution in [-0.4, -0.2) is 37.2 Å². The van der Waals surface area contributed by atoms with Crippen molar-refractivity contribution in [3.8, 4) is 0 Å². The molecule has 35 heavy (non-hydrogen) atoms. The Hall–Kier alpha value is -2.42. The molecule has 1 aliphatic carbocycles. The summed E-state index contributed by atoms with van der Waals surface area (Å²) in [6.45, 7) is 13.0. The van der Waals surface area contributed by atoms with E-state index >= 15 is 0 Å². The summed E-state index contributed by atoms with van der Waals surface area (Å²) in [6.07, 6.45) is 3.54. The molecule has 0 saturated heterocycles. The highest BCUT2D eigenvalue weighted by molar-refractivity contribution is 7.89. The van der Waals surface area contributed by atoms with E-state index in [2.05, 4.69) is 42.3 Å². The second-order valence-electron chi connectivity index (χ2n) is 10.5. The van der Waals surface area contributed by atoms with Crippen LogP contribution in [0.2, 0.25) is 0 Å². The first kappa shape index (κ1) is 25.7. The summed E-state index contributed by atoms with van der Waals surface area (Å²) in [5.41, 5.74) is 2.79. The number of carbonyl (C=O) groups excluding carboxylic acids is 1. The first-order chi connectivity index (χ1) is 16.5. The molecule has 3 aromatic rings. The second kappa shape index (κ2) is 9.91. The monoisotopic (exact) mass is 499 g/mol. The van der Waals surface area contributed by atoms with E-state index < -0.39 is 10.0 Å². The van der Waals surface area contributed by atoms with Crippen LogP contribution in [0.1, 0.15) is 80.1 Å². The fraction of sp³-hybridized carbons (Fsp3) is 0.519. The number of aromatic amines is 1. The number of aryl methyl sites for hydroxylation is 1. The third-order valence-electron chi connectivity index (χ3n) is 6.84. The van der Waals surface area contributed by atoms with E-state index in [9.17, 15) is 13.2 Å². The van der Waals surface area contributed by atoms with Gasteiger partial charge in [0.25, 0.3) is 0 Å². The predicted molar refractivity (Wildman–Crippen MR) is 138 cm³/mol. The number of furan rings is 1. The minimum absolute atomic E-state index is 0.0782. The van der Waals surface area contributed by atoms with Crippen LogP contribution >= 0.6 is 0 Å². The molecule has 0 amide bonds. The number of carbonyl (C=O) groups is 1. The lowest BCUT2D eigenvalue weighted by atomic mass is 9.76. The summed E-state index contributed by atoms with van der Waals surface area (Å²) in [5.74, 6) is 1.52. The largest absolute Gasteiger partial charge is 0.463 e. The van der Waals surface area contributed by atoms with Crippen LogP contribution in [0.15, 0.2) is 33.6 Å². The van der Waals surface area contributed by atoms with Gasteiger partial charge in [0.15, 0.2) is 5.78 Å². The molecule has 0 spiro atoms. The van der Waals surface area contributed by atoms with Gasteiger partial charge in [0.2, 0.25) is 10.0 Å². The van der Waals surface area contributed by atoms with Gasteiger partial charge in [-0.05, 0) is 68.1 Å². The molecule has 1 aliphatic rings. The number of ketones is 1. The molecule has 2 aromatic heterocycles. The molecule has 2 heterocycles. The maximum atomic E-state index is 13.2. The number of H-pyrrole nitrogens is 1. The molecule has 7 nitrogen and oxygen atoms in total. The lowest BCUT2D eigenvalue weighted by molar-refractivity contribution is 0.0913. The van der Waals surface area contributed by atoms with E-state index in [1.54, 1.807) is 13.0 Å². The Labute approximate surface area is 208 Å². The number of Topliss-reactive ketones (excluding diaryl/α,β-unsaturated/α-hetero) is 1. The Bertz CT molecular complexity index is 1330. The Morgan fingerprint density at radius 3 is 2.60 bits per heavy atom. The van der Waals surface area contributed by atoms with Crippen LogP contribution in [0, 0.1) is 12.3 Å². The smallest absolute Gasteiger partial charge is 0.241 e. The summed E-state index contributed by atoms with van der Waals surface area (Å²) in [6, 6.07) is 7.20. The van der Waals surface area contributed by atoms with Crippen molar-refractivity contribution in [2.75, 3.05) is 13.1 Å². The quantitative estimate of drug-likeness (QED) is 0.393. The highest BCUT2D eigenvalue weighted by Gasteiger charge is 2.34. The maximum absolute atomic E-state index is 13.2. The van der Waals surface area contributed by atoms with Crippen LogP contribution in [0.25, 0.3) is 10.9 Å². The third kappa shape index (κ3) is 5.55. The Balaban J connectivity index is 1.51. The Morgan fingerprint density at radius 1 is 1.14 bits per heavy atom. The SMILES string of the molecule is CCCCN(CC)Cc1ccc(CNS(=O)(=O)c2cc3[nH]c4c(c3cc2C)C(=O)CC(C)(C)C4)o1. The normalized spacial score (nSPS) is 15.8. The molecule has 0 fully saturated rings. The summed E-state index contributed by atoms with van der Waals surface area (Å²) < 4.78 is 35.0. The number of sulfonamides is 1. The molecule has 0 atom stereocenters. The molecule has 0 unspecified atom stereocenters. The van der Waals surface area contributed by atoms with Crippen molar-refractivity contribution < 1.29 is 17.6 Å².